The zero-order chi connectivity index (χ0) is 15.3. The minimum Gasteiger partial charge on any atom is -0.434 e. The van der Waals surface area contributed by atoms with Crippen LogP contribution in [0.3, 0.4) is 0 Å². The third-order valence-electron chi connectivity index (χ3n) is 2.56. The Morgan fingerprint density at radius 3 is 2.30 bits per heavy atom. The van der Waals surface area contributed by atoms with Crippen molar-refractivity contribution in [2.75, 3.05) is 6.54 Å². The lowest BCUT2D eigenvalue weighted by molar-refractivity contribution is -0.126. The maximum atomic E-state index is 12.8. The molecule has 0 heterocycles. The van der Waals surface area contributed by atoms with E-state index in [9.17, 15) is 26.3 Å². The van der Waals surface area contributed by atoms with Gasteiger partial charge in [-0.15, -0.1) is 0 Å². The molecule has 0 saturated heterocycles. The van der Waals surface area contributed by atoms with E-state index in [2.05, 4.69) is 10.1 Å². The first-order chi connectivity index (χ1) is 9.24. The van der Waals surface area contributed by atoms with Crippen LogP contribution in [-0.4, -0.2) is 25.5 Å². The summed E-state index contributed by atoms with van der Waals surface area (Å²) in [6, 6.07) is 4.70. The summed E-state index contributed by atoms with van der Waals surface area (Å²) < 4.78 is 78.1. The van der Waals surface area contributed by atoms with Gasteiger partial charge in [0.15, 0.2) is 0 Å². The van der Waals surface area contributed by atoms with Crippen molar-refractivity contribution in [2.45, 2.75) is 31.9 Å². The van der Waals surface area contributed by atoms with Gasteiger partial charge >= 0.3 is 19.0 Å². The van der Waals surface area contributed by atoms with Crippen molar-refractivity contribution in [1.82, 2.24) is 5.32 Å². The maximum absolute atomic E-state index is 12.8. The van der Waals surface area contributed by atoms with Gasteiger partial charge in [-0.3, -0.25) is 0 Å². The number of rotatable bonds is 7. The molecule has 0 aromatic heterocycles. The number of halogens is 6. The number of benzene rings is 1. The Kier molecular flexibility index (Phi) is 5.67. The van der Waals surface area contributed by atoms with Crippen LogP contribution in [-0.2, 0) is 0 Å². The van der Waals surface area contributed by atoms with Crippen LogP contribution >= 0.6 is 0 Å². The zero-order valence-electron chi connectivity index (χ0n) is 10.4. The van der Waals surface area contributed by atoms with Gasteiger partial charge in [-0.25, -0.2) is 8.78 Å². The van der Waals surface area contributed by atoms with Crippen LogP contribution in [0.2, 0.25) is 0 Å². The molecule has 1 atom stereocenters. The molecule has 0 radical (unpaired) electrons. The number of ether oxygens (including phenoxy) is 1. The average molecular weight is 301 g/mol. The van der Waals surface area contributed by atoms with Crippen molar-refractivity contribution in [3.8, 4) is 5.75 Å². The summed E-state index contributed by atoms with van der Waals surface area (Å²) >= 11 is 0. The second-order valence-corrected chi connectivity index (χ2v) is 4.08. The van der Waals surface area contributed by atoms with Gasteiger partial charge in [0.1, 0.15) is 5.75 Å². The fraction of sp³-hybridized carbons (Fsp3) is 0.500. The molecule has 0 aliphatic carbocycles. The van der Waals surface area contributed by atoms with Gasteiger partial charge in [-0.2, -0.15) is 17.6 Å². The van der Waals surface area contributed by atoms with Gasteiger partial charge in [0, 0.05) is 11.6 Å². The van der Waals surface area contributed by atoms with E-state index in [0.29, 0.717) is 0 Å². The Bertz CT molecular complexity index is 426. The Morgan fingerprint density at radius 2 is 1.75 bits per heavy atom. The predicted octanol–water partition coefficient (Wildman–Crippen LogP) is 3.84. The minimum atomic E-state index is -4.19. The molecule has 1 aromatic rings. The summed E-state index contributed by atoms with van der Waals surface area (Å²) in [6.45, 7) is -2.95. The highest BCUT2D eigenvalue weighted by atomic mass is 19.3. The molecular formula is C12H13F6NO. The van der Waals surface area contributed by atoms with Gasteiger partial charge in [0.2, 0.25) is 0 Å². The molecule has 20 heavy (non-hydrogen) atoms. The number of para-hydroxylation sites is 1. The average Bonchev–Trinajstić information content (AvgIpc) is 2.36. The van der Waals surface area contributed by atoms with Crippen LogP contribution in [0, 0.1) is 0 Å². The first-order valence-electron chi connectivity index (χ1n) is 5.67. The molecule has 0 bridgehead atoms. The molecule has 2 nitrogen and oxygen atoms in total. The number of hydrogen-bond donors (Lipinski definition) is 1. The summed E-state index contributed by atoms with van der Waals surface area (Å²) in [5.41, 5.74) is 0.179. The lowest BCUT2D eigenvalue weighted by Crippen LogP contribution is -2.39. The fourth-order valence-electron chi connectivity index (χ4n) is 1.52. The predicted molar refractivity (Wildman–Crippen MR) is 60.4 cm³/mol. The van der Waals surface area contributed by atoms with Gasteiger partial charge in [-0.1, -0.05) is 18.2 Å². The van der Waals surface area contributed by atoms with E-state index >= 15 is 0 Å². The lowest BCUT2D eigenvalue weighted by Gasteiger charge is -2.21. The normalized spacial score (nSPS) is 13.8. The maximum Gasteiger partial charge on any atom is 0.387 e. The van der Waals surface area contributed by atoms with Crippen LogP contribution in [0.4, 0.5) is 26.3 Å². The van der Waals surface area contributed by atoms with E-state index in [1.807, 2.05) is 0 Å². The molecule has 0 aliphatic rings. The molecule has 1 unspecified atom stereocenters. The molecule has 1 aromatic carbocycles. The van der Waals surface area contributed by atoms with Crippen molar-refractivity contribution < 1.29 is 31.1 Å². The molecule has 0 fully saturated rings. The van der Waals surface area contributed by atoms with Gasteiger partial charge in [0.05, 0.1) is 6.54 Å². The van der Waals surface area contributed by atoms with Gasteiger partial charge < -0.3 is 10.1 Å². The van der Waals surface area contributed by atoms with Crippen LogP contribution in [0.5, 0.6) is 5.75 Å². The standard InChI is InChI=1S/C12H13F6NO/c1-7(19-6-12(17,18)10(13)14)8-4-2-3-5-9(8)20-11(15)16/h2-5,7,10-11,19H,6H2,1H3. The van der Waals surface area contributed by atoms with Crippen LogP contribution in [0.1, 0.15) is 18.5 Å². The second kappa shape index (κ2) is 6.83. The van der Waals surface area contributed by atoms with Crippen LogP contribution in [0.15, 0.2) is 24.3 Å². The van der Waals surface area contributed by atoms with Gasteiger partial charge in [-0.05, 0) is 13.0 Å². The number of nitrogens with one attached hydrogen (secondary N) is 1. The summed E-state index contributed by atoms with van der Waals surface area (Å²) in [6.07, 6.45) is -3.80. The quantitative estimate of drug-likeness (QED) is 0.773. The topological polar surface area (TPSA) is 21.3 Å². The van der Waals surface area contributed by atoms with E-state index in [-0.39, 0.29) is 11.3 Å². The molecule has 114 valence electrons. The summed E-state index contributed by atoms with van der Waals surface area (Å²) in [4.78, 5) is 0. The summed E-state index contributed by atoms with van der Waals surface area (Å²) in [5.74, 6) is -4.38. The Labute approximate surface area is 111 Å². The lowest BCUT2D eigenvalue weighted by atomic mass is 10.1. The molecule has 1 rings (SSSR count). The third kappa shape index (κ3) is 4.59. The van der Waals surface area contributed by atoms with E-state index in [0.717, 1.165) is 0 Å². The highest BCUT2D eigenvalue weighted by molar-refractivity contribution is 5.35. The summed E-state index contributed by atoms with van der Waals surface area (Å²) in [7, 11) is 0. The first-order valence-corrected chi connectivity index (χ1v) is 5.67. The fourth-order valence-corrected chi connectivity index (χ4v) is 1.52. The molecule has 0 spiro atoms. The first kappa shape index (κ1) is 16.6. The zero-order valence-corrected chi connectivity index (χ0v) is 10.4. The van der Waals surface area contributed by atoms with E-state index in [1.165, 1.54) is 31.2 Å². The van der Waals surface area contributed by atoms with Gasteiger partial charge in [0.25, 0.3) is 0 Å². The minimum absolute atomic E-state index is 0.179. The summed E-state index contributed by atoms with van der Waals surface area (Å²) in [5, 5.41) is 2.18. The highest BCUT2D eigenvalue weighted by Gasteiger charge is 2.40. The molecule has 8 heteroatoms. The van der Waals surface area contributed by atoms with Crippen molar-refractivity contribution in [2.24, 2.45) is 0 Å². The largest absolute Gasteiger partial charge is 0.434 e. The number of alkyl halides is 6. The van der Waals surface area contributed by atoms with E-state index in [4.69, 9.17) is 0 Å². The molecule has 0 saturated carbocycles. The smallest absolute Gasteiger partial charge is 0.387 e. The van der Waals surface area contributed by atoms with E-state index < -0.39 is 31.5 Å². The number of hydrogen-bond acceptors (Lipinski definition) is 2. The molecule has 0 amide bonds. The monoisotopic (exact) mass is 301 g/mol. The molecule has 0 aliphatic heterocycles. The third-order valence-corrected chi connectivity index (χ3v) is 2.56. The van der Waals surface area contributed by atoms with Crippen molar-refractivity contribution in [3.63, 3.8) is 0 Å². The van der Waals surface area contributed by atoms with Crippen molar-refractivity contribution in [3.05, 3.63) is 29.8 Å². The highest BCUT2D eigenvalue weighted by Crippen LogP contribution is 2.28. The van der Waals surface area contributed by atoms with Crippen molar-refractivity contribution >= 4 is 0 Å². The Hall–Kier alpha value is -1.44. The van der Waals surface area contributed by atoms with Crippen LogP contribution in [0.25, 0.3) is 0 Å². The van der Waals surface area contributed by atoms with Crippen molar-refractivity contribution in [1.29, 1.82) is 0 Å². The second-order valence-electron chi connectivity index (χ2n) is 4.08. The Morgan fingerprint density at radius 1 is 1.15 bits per heavy atom. The molecule has 1 N–H and O–H groups in total. The van der Waals surface area contributed by atoms with E-state index in [1.54, 1.807) is 0 Å². The Balaban J connectivity index is 2.75. The van der Waals surface area contributed by atoms with Crippen LogP contribution < -0.4 is 10.1 Å². The SMILES string of the molecule is CC(NCC(F)(F)C(F)F)c1ccccc1OC(F)F. The molecular weight excluding hydrogens is 288 g/mol.